The van der Waals surface area contributed by atoms with E-state index in [9.17, 15) is 4.79 Å². The number of hydrogen-bond donors (Lipinski definition) is 1. The first kappa shape index (κ1) is 14.0. The minimum Gasteiger partial charge on any atom is -0.381 e. The molecule has 0 radical (unpaired) electrons. The van der Waals surface area contributed by atoms with E-state index in [0.717, 1.165) is 23.0 Å². The number of nitrogens with one attached hydrogen (secondary N) is 1. The fraction of sp³-hybridized carbons (Fsp3) is 0.615. The molecule has 1 fully saturated rings. The van der Waals surface area contributed by atoms with E-state index in [0.29, 0.717) is 13.2 Å². The van der Waals surface area contributed by atoms with Crippen molar-refractivity contribution >= 4 is 33.2 Å². The number of carbonyl (C=O) groups is 1. The van der Waals surface area contributed by atoms with Crippen LogP contribution in [-0.4, -0.2) is 30.0 Å². The van der Waals surface area contributed by atoms with Crippen LogP contribution in [0.2, 0.25) is 0 Å². The van der Waals surface area contributed by atoms with Crippen LogP contribution in [0.4, 0.5) is 0 Å². The van der Waals surface area contributed by atoms with Gasteiger partial charge in [-0.15, -0.1) is 11.3 Å². The summed E-state index contributed by atoms with van der Waals surface area (Å²) in [6.45, 7) is 5.52. The van der Waals surface area contributed by atoms with E-state index in [1.54, 1.807) is 11.3 Å². The summed E-state index contributed by atoms with van der Waals surface area (Å²) < 4.78 is 5.37. The van der Waals surface area contributed by atoms with Crippen LogP contribution in [-0.2, 0) is 4.74 Å². The van der Waals surface area contributed by atoms with E-state index in [2.05, 4.69) is 21.2 Å². The fourth-order valence-electron chi connectivity index (χ4n) is 2.04. The average Bonchev–Trinajstić information content (AvgIpc) is 2.71. The lowest BCUT2D eigenvalue weighted by Crippen LogP contribution is -2.53. The lowest BCUT2D eigenvalue weighted by molar-refractivity contribution is 0.0443. The highest BCUT2D eigenvalue weighted by atomic mass is 79.9. The maximum Gasteiger partial charge on any atom is 0.261 e. The highest BCUT2D eigenvalue weighted by Crippen LogP contribution is 2.26. The van der Waals surface area contributed by atoms with Crippen molar-refractivity contribution in [3.63, 3.8) is 0 Å². The molecule has 1 aliphatic heterocycles. The van der Waals surface area contributed by atoms with Gasteiger partial charge < -0.3 is 10.1 Å². The van der Waals surface area contributed by atoms with Gasteiger partial charge in [-0.1, -0.05) is 15.9 Å². The van der Waals surface area contributed by atoms with Gasteiger partial charge in [-0.3, -0.25) is 4.79 Å². The summed E-state index contributed by atoms with van der Waals surface area (Å²) >= 11 is 5.08. The lowest BCUT2D eigenvalue weighted by atomic mass is 9.92. The number of aryl methyl sites for hydroxylation is 2. The first-order chi connectivity index (χ1) is 8.56. The molecule has 5 heteroatoms. The molecule has 1 amide bonds. The second-order valence-electron chi connectivity index (χ2n) is 4.83. The smallest absolute Gasteiger partial charge is 0.261 e. The maximum atomic E-state index is 12.3. The Labute approximate surface area is 120 Å². The molecule has 100 valence electrons. The van der Waals surface area contributed by atoms with Crippen molar-refractivity contribution in [1.82, 2.24) is 5.32 Å². The Kier molecular flexibility index (Phi) is 4.45. The number of hydrogen-bond acceptors (Lipinski definition) is 3. The molecule has 18 heavy (non-hydrogen) atoms. The molecule has 2 heterocycles. The van der Waals surface area contributed by atoms with Crippen molar-refractivity contribution < 1.29 is 9.53 Å². The molecule has 0 atom stereocenters. The Hall–Kier alpha value is -0.390. The topological polar surface area (TPSA) is 38.3 Å². The van der Waals surface area contributed by atoms with Crippen molar-refractivity contribution in [3.8, 4) is 0 Å². The third kappa shape index (κ3) is 2.95. The number of ether oxygens (including phenoxy) is 1. The van der Waals surface area contributed by atoms with Crippen molar-refractivity contribution in [1.29, 1.82) is 0 Å². The van der Waals surface area contributed by atoms with Crippen LogP contribution < -0.4 is 5.32 Å². The van der Waals surface area contributed by atoms with Gasteiger partial charge in [0.25, 0.3) is 5.91 Å². The third-order valence-electron chi connectivity index (χ3n) is 3.47. The molecular weight excluding hydrogens is 314 g/mol. The van der Waals surface area contributed by atoms with E-state index < -0.39 is 0 Å². The summed E-state index contributed by atoms with van der Waals surface area (Å²) in [5, 5.41) is 3.96. The van der Waals surface area contributed by atoms with Gasteiger partial charge in [0, 0.05) is 23.4 Å². The van der Waals surface area contributed by atoms with Gasteiger partial charge in [0.15, 0.2) is 0 Å². The van der Waals surface area contributed by atoms with Crippen LogP contribution in [0.15, 0.2) is 6.07 Å². The molecule has 0 saturated carbocycles. The normalized spacial score (nSPS) is 18.6. The maximum absolute atomic E-state index is 12.3. The van der Waals surface area contributed by atoms with Gasteiger partial charge in [-0.25, -0.2) is 0 Å². The van der Waals surface area contributed by atoms with E-state index in [1.165, 1.54) is 10.4 Å². The van der Waals surface area contributed by atoms with Crippen molar-refractivity contribution in [2.24, 2.45) is 0 Å². The number of halogens is 1. The molecule has 3 nitrogen and oxygen atoms in total. The second-order valence-corrected chi connectivity index (χ2v) is 6.65. The van der Waals surface area contributed by atoms with E-state index in [4.69, 9.17) is 4.74 Å². The molecule has 0 aromatic carbocycles. The monoisotopic (exact) mass is 331 g/mol. The summed E-state index contributed by atoms with van der Waals surface area (Å²) in [6.07, 6.45) is 1.74. The van der Waals surface area contributed by atoms with Gasteiger partial charge >= 0.3 is 0 Å². The fourth-order valence-corrected chi connectivity index (χ4v) is 3.67. The van der Waals surface area contributed by atoms with Gasteiger partial charge in [0.2, 0.25) is 0 Å². The van der Waals surface area contributed by atoms with Crippen LogP contribution >= 0.6 is 27.3 Å². The van der Waals surface area contributed by atoms with Crippen LogP contribution in [0.5, 0.6) is 0 Å². The number of rotatable bonds is 3. The van der Waals surface area contributed by atoms with Gasteiger partial charge in [0.05, 0.1) is 10.4 Å². The Morgan fingerprint density at radius 1 is 1.50 bits per heavy atom. The van der Waals surface area contributed by atoms with Crippen LogP contribution in [0.1, 0.15) is 33.0 Å². The Morgan fingerprint density at radius 2 is 2.17 bits per heavy atom. The van der Waals surface area contributed by atoms with Crippen LogP contribution in [0.3, 0.4) is 0 Å². The highest BCUT2D eigenvalue weighted by molar-refractivity contribution is 9.09. The Bertz CT molecular complexity index is 419. The highest BCUT2D eigenvalue weighted by Gasteiger charge is 2.33. The molecule has 0 spiro atoms. The molecule has 1 aromatic rings. The molecule has 0 unspecified atom stereocenters. The largest absolute Gasteiger partial charge is 0.381 e. The molecule has 1 aliphatic rings. The molecule has 1 N–H and O–H groups in total. The number of amides is 1. The summed E-state index contributed by atoms with van der Waals surface area (Å²) in [7, 11) is 0. The Morgan fingerprint density at radius 3 is 2.67 bits per heavy atom. The summed E-state index contributed by atoms with van der Waals surface area (Å²) in [4.78, 5) is 14.3. The average molecular weight is 332 g/mol. The van der Waals surface area contributed by atoms with Gasteiger partial charge in [-0.2, -0.15) is 0 Å². The predicted molar refractivity (Wildman–Crippen MR) is 77.8 cm³/mol. The summed E-state index contributed by atoms with van der Waals surface area (Å²) in [6, 6.07) is 1.97. The first-order valence-corrected chi connectivity index (χ1v) is 8.03. The predicted octanol–water partition coefficient (Wildman–Crippen LogP) is 3.04. The molecule has 1 saturated heterocycles. The minimum atomic E-state index is -0.152. The standard InChI is InChI=1S/C13H18BrNO2S/c1-9-7-11(18-10(9)2)12(16)15-13(8-14)3-5-17-6-4-13/h7H,3-6,8H2,1-2H3,(H,15,16). The van der Waals surface area contributed by atoms with E-state index >= 15 is 0 Å². The van der Waals surface area contributed by atoms with Crippen molar-refractivity contribution in [2.45, 2.75) is 32.2 Å². The number of alkyl halides is 1. The van der Waals surface area contributed by atoms with Gasteiger partial charge in [-0.05, 0) is 38.3 Å². The summed E-state index contributed by atoms with van der Waals surface area (Å²) in [5.74, 6) is 0.0394. The Balaban J connectivity index is 2.09. The summed E-state index contributed by atoms with van der Waals surface area (Å²) in [5.41, 5.74) is 1.03. The van der Waals surface area contributed by atoms with Crippen LogP contribution in [0, 0.1) is 13.8 Å². The quantitative estimate of drug-likeness (QED) is 0.864. The van der Waals surface area contributed by atoms with Crippen molar-refractivity contribution in [2.75, 3.05) is 18.5 Å². The van der Waals surface area contributed by atoms with Gasteiger partial charge in [0.1, 0.15) is 0 Å². The first-order valence-electron chi connectivity index (χ1n) is 6.09. The molecule has 0 bridgehead atoms. The zero-order valence-corrected chi connectivity index (χ0v) is 13.1. The second kappa shape index (κ2) is 5.72. The number of carbonyl (C=O) groups excluding carboxylic acids is 1. The number of thiophene rings is 1. The van der Waals surface area contributed by atoms with E-state index in [-0.39, 0.29) is 11.4 Å². The molecule has 1 aromatic heterocycles. The molecular formula is C13H18BrNO2S. The third-order valence-corrected chi connectivity index (χ3v) is 5.70. The molecule has 2 rings (SSSR count). The minimum absolute atomic E-state index is 0.0394. The zero-order valence-electron chi connectivity index (χ0n) is 10.7. The lowest BCUT2D eigenvalue weighted by Gasteiger charge is -2.36. The van der Waals surface area contributed by atoms with Crippen LogP contribution in [0.25, 0.3) is 0 Å². The van der Waals surface area contributed by atoms with Crippen molar-refractivity contribution in [3.05, 3.63) is 21.4 Å². The molecule has 0 aliphatic carbocycles. The van der Waals surface area contributed by atoms with E-state index in [1.807, 2.05) is 19.9 Å². The zero-order chi connectivity index (χ0) is 13.2. The SMILES string of the molecule is Cc1cc(C(=O)NC2(CBr)CCOCC2)sc1C.